The van der Waals surface area contributed by atoms with Gasteiger partial charge in [0, 0.05) is 23.7 Å². The topological polar surface area (TPSA) is 101 Å². The lowest BCUT2D eigenvalue weighted by Crippen LogP contribution is -2.49. The number of carbonyl (C=O) groups excluding carboxylic acids is 1. The third kappa shape index (κ3) is 3.33. The van der Waals surface area contributed by atoms with Crippen LogP contribution < -0.4 is 0 Å². The van der Waals surface area contributed by atoms with Crippen LogP contribution in [-0.4, -0.2) is 39.4 Å². The van der Waals surface area contributed by atoms with Crippen molar-refractivity contribution in [1.29, 1.82) is 0 Å². The van der Waals surface area contributed by atoms with Gasteiger partial charge >= 0.3 is 5.97 Å². The molecule has 1 saturated heterocycles. The van der Waals surface area contributed by atoms with Gasteiger partial charge in [-0.25, -0.2) is 4.79 Å². The first-order chi connectivity index (χ1) is 10.7. The Hall–Kier alpha value is -2.44. The zero-order valence-corrected chi connectivity index (χ0v) is 13.4. The molecule has 1 fully saturated rings. The van der Waals surface area contributed by atoms with Gasteiger partial charge in [-0.1, -0.05) is 6.92 Å². The summed E-state index contributed by atoms with van der Waals surface area (Å²) in [6.45, 7) is 5.62. The Kier molecular flexibility index (Phi) is 4.68. The zero-order valence-electron chi connectivity index (χ0n) is 13.4. The fourth-order valence-electron chi connectivity index (χ4n) is 3.04. The number of amides is 1. The Morgan fingerprint density at radius 2 is 1.96 bits per heavy atom. The summed E-state index contributed by atoms with van der Waals surface area (Å²) in [6.07, 6.45) is 1.12. The molecule has 0 spiro atoms. The Bertz CT molecular complexity index is 671. The molecule has 0 aromatic heterocycles. The van der Waals surface area contributed by atoms with Crippen molar-refractivity contribution in [2.24, 2.45) is 5.92 Å². The predicted octanol–water partition coefficient (Wildman–Crippen LogP) is 2.54. The van der Waals surface area contributed by atoms with E-state index in [1.54, 1.807) is 19.9 Å². The highest BCUT2D eigenvalue weighted by atomic mass is 16.6. The van der Waals surface area contributed by atoms with Gasteiger partial charge in [0.2, 0.25) is 0 Å². The highest BCUT2D eigenvalue weighted by Gasteiger charge is 2.36. The molecule has 0 radical (unpaired) electrons. The monoisotopic (exact) mass is 320 g/mol. The number of carboxylic acids is 1. The minimum atomic E-state index is -1.04. The summed E-state index contributed by atoms with van der Waals surface area (Å²) in [7, 11) is 0. The van der Waals surface area contributed by atoms with Crippen molar-refractivity contribution < 1.29 is 19.6 Å². The number of nitro groups is 1. The average molecular weight is 320 g/mol. The van der Waals surface area contributed by atoms with E-state index < -0.39 is 22.8 Å². The van der Waals surface area contributed by atoms with E-state index in [-0.39, 0.29) is 17.2 Å². The van der Waals surface area contributed by atoms with E-state index in [1.807, 2.05) is 6.92 Å². The highest BCUT2D eigenvalue weighted by molar-refractivity contribution is 5.98. The van der Waals surface area contributed by atoms with Crippen LogP contribution in [0.2, 0.25) is 0 Å². The van der Waals surface area contributed by atoms with Gasteiger partial charge in [-0.2, -0.15) is 0 Å². The molecule has 2 atom stereocenters. The molecule has 1 heterocycles. The quantitative estimate of drug-likeness (QED) is 0.681. The molecule has 124 valence electrons. The second-order valence-electron chi connectivity index (χ2n) is 6.19. The first-order valence-electron chi connectivity index (χ1n) is 7.51. The van der Waals surface area contributed by atoms with Crippen molar-refractivity contribution in [2.45, 2.75) is 39.7 Å². The molecule has 23 heavy (non-hydrogen) atoms. The smallest absolute Gasteiger partial charge is 0.326 e. The number of nitro benzene ring substituents is 1. The van der Waals surface area contributed by atoms with Gasteiger partial charge < -0.3 is 10.0 Å². The summed E-state index contributed by atoms with van der Waals surface area (Å²) in [5.41, 5.74) is 1.16. The summed E-state index contributed by atoms with van der Waals surface area (Å²) < 4.78 is 0. The molecular formula is C16H20N2O5. The zero-order chi connectivity index (χ0) is 17.3. The Morgan fingerprint density at radius 1 is 1.30 bits per heavy atom. The molecule has 0 aliphatic carbocycles. The Morgan fingerprint density at radius 3 is 2.52 bits per heavy atom. The molecule has 1 aliphatic heterocycles. The van der Waals surface area contributed by atoms with Crippen LogP contribution >= 0.6 is 0 Å². The standard InChI is InChI=1S/C16H20N2O5/c1-9-4-5-17(14(6-9)16(20)21)15(19)12-8-13(18(22)23)11(3)7-10(12)2/h7-9,14H,4-6H2,1-3H3,(H,20,21). The number of aliphatic carboxylic acids is 1. The van der Waals surface area contributed by atoms with E-state index in [0.717, 1.165) is 6.42 Å². The molecular weight excluding hydrogens is 300 g/mol. The van der Waals surface area contributed by atoms with Crippen molar-refractivity contribution >= 4 is 17.6 Å². The third-order valence-corrected chi connectivity index (χ3v) is 4.38. The average Bonchev–Trinajstić information content (AvgIpc) is 2.46. The summed E-state index contributed by atoms with van der Waals surface area (Å²) in [4.78, 5) is 36.1. The van der Waals surface area contributed by atoms with Crippen molar-refractivity contribution in [3.63, 3.8) is 0 Å². The first kappa shape index (κ1) is 16.9. The second kappa shape index (κ2) is 6.36. The van der Waals surface area contributed by atoms with Crippen molar-refractivity contribution in [1.82, 2.24) is 4.90 Å². The second-order valence-corrected chi connectivity index (χ2v) is 6.19. The number of carboxylic acid groups (broad SMARTS) is 1. The third-order valence-electron chi connectivity index (χ3n) is 4.38. The minimum Gasteiger partial charge on any atom is -0.480 e. The van der Waals surface area contributed by atoms with E-state index in [4.69, 9.17) is 0 Å². The van der Waals surface area contributed by atoms with Crippen molar-refractivity contribution in [3.05, 3.63) is 38.9 Å². The van der Waals surface area contributed by atoms with E-state index in [0.29, 0.717) is 24.1 Å². The van der Waals surface area contributed by atoms with Crippen LogP contribution in [0.15, 0.2) is 12.1 Å². The number of benzene rings is 1. The largest absolute Gasteiger partial charge is 0.480 e. The highest BCUT2D eigenvalue weighted by Crippen LogP contribution is 2.28. The van der Waals surface area contributed by atoms with Crippen LogP contribution in [0.5, 0.6) is 0 Å². The molecule has 1 aliphatic rings. The number of likely N-dealkylation sites (tertiary alicyclic amines) is 1. The van der Waals surface area contributed by atoms with Crippen LogP contribution in [0.25, 0.3) is 0 Å². The van der Waals surface area contributed by atoms with Crippen LogP contribution in [0.4, 0.5) is 5.69 Å². The van der Waals surface area contributed by atoms with Gasteiger partial charge in [-0.3, -0.25) is 14.9 Å². The lowest BCUT2D eigenvalue weighted by Gasteiger charge is -2.36. The van der Waals surface area contributed by atoms with Gasteiger partial charge in [-0.05, 0) is 44.2 Å². The summed E-state index contributed by atoms with van der Waals surface area (Å²) >= 11 is 0. The van der Waals surface area contributed by atoms with E-state index in [9.17, 15) is 24.8 Å². The molecule has 1 aromatic carbocycles. The number of hydrogen-bond acceptors (Lipinski definition) is 4. The van der Waals surface area contributed by atoms with E-state index >= 15 is 0 Å². The number of carbonyl (C=O) groups is 2. The molecule has 1 N–H and O–H groups in total. The van der Waals surface area contributed by atoms with E-state index in [1.165, 1.54) is 11.0 Å². The van der Waals surface area contributed by atoms with Crippen LogP contribution in [0, 0.1) is 29.9 Å². The molecule has 2 unspecified atom stereocenters. The molecule has 0 bridgehead atoms. The van der Waals surface area contributed by atoms with Crippen LogP contribution in [-0.2, 0) is 4.79 Å². The van der Waals surface area contributed by atoms with Crippen molar-refractivity contribution in [3.8, 4) is 0 Å². The summed E-state index contributed by atoms with van der Waals surface area (Å²) in [6, 6.07) is 1.96. The van der Waals surface area contributed by atoms with Gasteiger partial charge in [-0.15, -0.1) is 0 Å². The van der Waals surface area contributed by atoms with Gasteiger partial charge in [0.1, 0.15) is 6.04 Å². The van der Waals surface area contributed by atoms with Gasteiger partial charge in [0.05, 0.1) is 4.92 Å². The Balaban J connectivity index is 2.41. The number of aryl methyl sites for hydroxylation is 2. The molecule has 2 rings (SSSR count). The minimum absolute atomic E-state index is 0.129. The number of nitrogens with zero attached hydrogens (tertiary/aromatic N) is 2. The first-order valence-corrected chi connectivity index (χ1v) is 7.51. The number of rotatable bonds is 3. The molecule has 1 amide bonds. The van der Waals surface area contributed by atoms with E-state index in [2.05, 4.69) is 0 Å². The Labute approximate surface area is 134 Å². The maximum absolute atomic E-state index is 12.8. The fourth-order valence-corrected chi connectivity index (χ4v) is 3.04. The lowest BCUT2D eigenvalue weighted by atomic mass is 9.91. The maximum atomic E-state index is 12.8. The number of piperidine rings is 1. The van der Waals surface area contributed by atoms with Gasteiger partial charge in [0.25, 0.3) is 11.6 Å². The van der Waals surface area contributed by atoms with Crippen LogP contribution in [0.3, 0.4) is 0 Å². The summed E-state index contributed by atoms with van der Waals surface area (Å²) in [5.74, 6) is -1.26. The fraction of sp³-hybridized carbons (Fsp3) is 0.500. The predicted molar refractivity (Wildman–Crippen MR) is 83.4 cm³/mol. The molecule has 0 saturated carbocycles. The SMILES string of the molecule is Cc1cc(C)c([N+](=O)[O-])cc1C(=O)N1CCC(C)CC1C(=O)O. The number of hydrogen-bond donors (Lipinski definition) is 1. The van der Waals surface area contributed by atoms with Gasteiger partial charge in [0.15, 0.2) is 0 Å². The molecule has 7 nitrogen and oxygen atoms in total. The molecule has 1 aromatic rings. The lowest BCUT2D eigenvalue weighted by molar-refractivity contribution is -0.385. The molecule has 7 heteroatoms. The maximum Gasteiger partial charge on any atom is 0.326 e. The van der Waals surface area contributed by atoms with Crippen molar-refractivity contribution in [2.75, 3.05) is 6.54 Å². The summed E-state index contributed by atoms with van der Waals surface area (Å²) in [5, 5.41) is 20.5. The normalized spacial score (nSPS) is 21.1. The van der Waals surface area contributed by atoms with Crippen LogP contribution in [0.1, 0.15) is 41.3 Å².